The second-order valence-corrected chi connectivity index (χ2v) is 7.88. The largest absolute Gasteiger partial charge is 0.496 e. The molecule has 0 aliphatic carbocycles. The third-order valence-electron chi connectivity index (χ3n) is 4.71. The summed E-state index contributed by atoms with van der Waals surface area (Å²) < 4.78 is 6.70. The number of anilines is 3. The summed E-state index contributed by atoms with van der Waals surface area (Å²) >= 11 is 1.18. The Hall–Kier alpha value is -3.40. The first kappa shape index (κ1) is 21.3. The Morgan fingerprint density at radius 3 is 2.63 bits per heavy atom. The zero-order chi connectivity index (χ0) is 22.0. The maximum atomic E-state index is 12.7. The van der Waals surface area contributed by atoms with Gasteiger partial charge in [0.15, 0.2) is 10.9 Å². The molecule has 0 bridgehead atoms. The quantitative estimate of drug-likeness (QED) is 0.521. The van der Waals surface area contributed by atoms with Gasteiger partial charge >= 0.3 is 5.97 Å². The Kier molecular flexibility index (Phi) is 6.06. The normalized spacial score (nSPS) is 11.8. The van der Waals surface area contributed by atoms with E-state index in [1.165, 1.54) is 22.2 Å². The number of thiazole rings is 1. The fourth-order valence-electron chi connectivity index (χ4n) is 2.87. The Labute approximate surface area is 177 Å². The first-order valence-electron chi connectivity index (χ1n) is 9.18. The van der Waals surface area contributed by atoms with Crippen molar-refractivity contribution < 1.29 is 19.4 Å². The first-order valence-corrected chi connectivity index (χ1v) is 9.99. The molecule has 0 fully saturated rings. The second-order valence-electron chi connectivity index (χ2n) is 6.85. The predicted molar refractivity (Wildman–Crippen MR) is 115 cm³/mol. The van der Waals surface area contributed by atoms with E-state index in [9.17, 15) is 9.59 Å². The molecule has 3 rings (SSSR count). The number of carboxylic acid groups (broad SMARTS) is 1. The average molecular weight is 430 g/mol. The van der Waals surface area contributed by atoms with Crippen molar-refractivity contribution in [1.82, 2.24) is 14.8 Å². The number of ether oxygens (including phenoxy) is 1. The van der Waals surface area contributed by atoms with E-state index in [0.717, 1.165) is 16.7 Å². The summed E-state index contributed by atoms with van der Waals surface area (Å²) in [6.07, 6.45) is 3.13. The number of benzene rings is 1. The Morgan fingerprint density at radius 1 is 1.23 bits per heavy atom. The number of aliphatic carboxylic acids is 1. The first-order chi connectivity index (χ1) is 14.2. The lowest BCUT2D eigenvalue weighted by atomic mass is 10.1. The van der Waals surface area contributed by atoms with Crippen molar-refractivity contribution in [3.8, 4) is 5.75 Å². The van der Waals surface area contributed by atoms with E-state index in [2.05, 4.69) is 20.7 Å². The number of amides is 1. The van der Waals surface area contributed by atoms with Crippen LogP contribution in [0.2, 0.25) is 0 Å². The SMILES string of the molecule is COc1ccc(C)c(NC(=O)c2cnc(Nc3nn(C(C)C(=O)O)cc3C)s2)c1C. The second kappa shape index (κ2) is 8.54. The summed E-state index contributed by atoms with van der Waals surface area (Å²) in [7, 11) is 1.59. The third kappa shape index (κ3) is 4.28. The highest BCUT2D eigenvalue weighted by Crippen LogP contribution is 2.30. The van der Waals surface area contributed by atoms with Gasteiger partial charge in [0, 0.05) is 17.3 Å². The van der Waals surface area contributed by atoms with Crippen LogP contribution in [0.25, 0.3) is 0 Å². The summed E-state index contributed by atoms with van der Waals surface area (Å²) in [6, 6.07) is 2.96. The highest BCUT2D eigenvalue weighted by Gasteiger charge is 2.18. The molecule has 0 spiro atoms. The molecule has 0 aliphatic rings. The summed E-state index contributed by atoms with van der Waals surface area (Å²) in [5.74, 6) is -0.0600. The maximum absolute atomic E-state index is 12.7. The van der Waals surface area contributed by atoms with Crippen LogP contribution in [0.15, 0.2) is 24.5 Å². The monoisotopic (exact) mass is 429 g/mol. The van der Waals surface area contributed by atoms with Crippen LogP contribution in [-0.4, -0.2) is 38.9 Å². The van der Waals surface area contributed by atoms with E-state index in [1.807, 2.05) is 32.9 Å². The molecule has 2 aromatic heterocycles. The smallest absolute Gasteiger partial charge is 0.328 e. The highest BCUT2D eigenvalue weighted by molar-refractivity contribution is 7.17. The molecule has 1 unspecified atom stereocenters. The molecule has 0 saturated carbocycles. The van der Waals surface area contributed by atoms with Crippen molar-refractivity contribution in [3.63, 3.8) is 0 Å². The number of rotatable bonds is 7. The van der Waals surface area contributed by atoms with Gasteiger partial charge in [-0.25, -0.2) is 9.78 Å². The third-order valence-corrected chi connectivity index (χ3v) is 5.62. The summed E-state index contributed by atoms with van der Waals surface area (Å²) in [5, 5.41) is 19.9. The molecule has 0 aliphatic heterocycles. The Bertz CT molecular complexity index is 1100. The van der Waals surface area contributed by atoms with E-state index in [4.69, 9.17) is 9.84 Å². The molecule has 0 saturated heterocycles. The molecular weight excluding hydrogens is 406 g/mol. The predicted octanol–water partition coefficient (Wildman–Crippen LogP) is 3.91. The summed E-state index contributed by atoms with van der Waals surface area (Å²) in [4.78, 5) is 28.5. The zero-order valence-corrected chi connectivity index (χ0v) is 18.1. The topological polar surface area (TPSA) is 118 Å². The minimum atomic E-state index is -0.972. The fourth-order valence-corrected chi connectivity index (χ4v) is 3.58. The molecule has 10 heteroatoms. The van der Waals surface area contributed by atoms with Crippen molar-refractivity contribution in [2.24, 2.45) is 0 Å². The minimum absolute atomic E-state index is 0.276. The molecule has 158 valence electrons. The molecule has 30 heavy (non-hydrogen) atoms. The number of hydrogen-bond donors (Lipinski definition) is 3. The number of carbonyl (C=O) groups excluding carboxylic acids is 1. The fraction of sp³-hybridized carbons (Fsp3) is 0.300. The van der Waals surface area contributed by atoms with Crippen molar-refractivity contribution in [2.45, 2.75) is 33.7 Å². The molecule has 0 radical (unpaired) electrons. The molecule has 1 aromatic carbocycles. The van der Waals surface area contributed by atoms with Crippen LogP contribution < -0.4 is 15.4 Å². The number of methoxy groups -OCH3 is 1. The van der Waals surface area contributed by atoms with Gasteiger partial charge in [-0.2, -0.15) is 5.10 Å². The van der Waals surface area contributed by atoms with Crippen molar-refractivity contribution in [1.29, 1.82) is 0 Å². The van der Waals surface area contributed by atoms with Gasteiger partial charge in [-0.1, -0.05) is 17.4 Å². The molecule has 1 atom stereocenters. The average Bonchev–Trinajstić information content (AvgIpc) is 3.32. The summed E-state index contributed by atoms with van der Waals surface area (Å²) in [5.41, 5.74) is 3.26. The van der Waals surface area contributed by atoms with Gasteiger partial charge < -0.3 is 20.5 Å². The molecule has 3 aromatic rings. The van der Waals surface area contributed by atoms with Crippen molar-refractivity contribution in [3.05, 3.63) is 46.1 Å². The van der Waals surface area contributed by atoms with Crippen LogP contribution in [0.5, 0.6) is 5.75 Å². The number of hydrogen-bond acceptors (Lipinski definition) is 7. The number of carboxylic acids is 1. The van der Waals surface area contributed by atoms with Crippen LogP contribution in [0.4, 0.5) is 16.6 Å². The van der Waals surface area contributed by atoms with Crippen LogP contribution in [0.3, 0.4) is 0 Å². The van der Waals surface area contributed by atoms with Crippen LogP contribution in [0, 0.1) is 20.8 Å². The lowest BCUT2D eigenvalue weighted by molar-refractivity contribution is -0.140. The standard InChI is InChI=1S/C20H23N5O4S/c1-10-6-7-14(29-5)12(3)16(10)22-18(26)15-8-21-20(30-15)23-17-11(2)9-25(24-17)13(4)19(27)28/h6-9,13H,1-5H3,(H,22,26)(H,27,28)(H,21,23,24). The van der Waals surface area contributed by atoms with E-state index in [0.29, 0.717) is 27.3 Å². The highest BCUT2D eigenvalue weighted by atomic mass is 32.1. The van der Waals surface area contributed by atoms with Gasteiger partial charge in [0.25, 0.3) is 5.91 Å². The number of aromatic nitrogens is 3. The van der Waals surface area contributed by atoms with Gasteiger partial charge in [-0.05, 0) is 39.3 Å². The molecule has 3 N–H and O–H groups in total. The van der Waals surface area contributed by atoms with E-state index >= 15 is 0 Å². The van der Waals surface area contributed by atoms with Gasteiger partial charge in [0.2, 0.25) is 0 Å². The Morgan fingerprint density at radius 2 is 1.97 bits per heavy atom. The molecular formula is C20H23N5O4S. The van der Waals surface area contributed by atoms with E-state index < -0.39 is 12.0 Å². The van der Waals surface area contributed by atoms with Gasteiger partial charge in [-0.15, -0.1) is 0 Å². The van der Waals surface area contributed by atoms with Crippen LogP contribution in [-0.2, 0) is 4.79 Å². The minimum Gasteiger partial charge on any atom is -0.496 e. The number of carbonyl (C=O) groups is 2. The summed E-state index contributed by atoms with van der Waals surface area (Å²) in [6.45, 7) is 7.17. The number of nitrogens with one attached hydrogen (secondary N) is 2. The van der Waals surface area contributed by atoms with Gasteiger partial charge in [0.05, 0.1) is 19.0 Å². The van der Waals surface area contributed by atoms with Crippen LogP contribution >= 0.6 is 11.3 Å². The molecule has 1 amide bonds. The number of aryl methyl sites for hydroxylation is 2. The molecule has 9 nitrogen and oxygen atoms in total. The van der Waals surface area contributed by atoms with Crippen LogP contribution in [0.1, 0.15) is 39.3 Å². The lowest BCUT2D eigenvalue weighted by Crippen LogP contribution is -2.16. The number of nitrogens with zero attached hydrogens (tertiary/aromatic N) is 3. The van der Waals surface area contributed by atoms with Crippen molar-refractivity contribution in [2.75, 3.05) is 17.7 Å². The van der Waals surface area contributed by atoms with E-state index in [-0.39, 0.29) is 5.91 Å². The van der Waals surface area contributed by atoms with E-state index in [1.54, 1.807) is 20.2 Å². The van der Waals surface area contributed by atoms with Crippen molar-refractivity contribution >= 4 is 39.9 Å². The molecule has 2 heterocycles. The Balaban J connectivity index is 1.76. The zero-order valence-electron chi connectivity index (χ0n) is 17.3. The van der Waals surface area contributed by atoms with Gasteiger partial charge in [0.1, 0.15) is 16.7 Å². The van der Waals surface area contributed by atoms with Gasteiger partial charge in [-0.3, -0.25) is 9.48 Å². The lowest BCUT2D eigenvalue weighted by Gasteiger charge is -2.14. The maximum Gasteiger partial charge on any atom is 0.328 e.